The van der Waals surface area contributed by atoms with Crippen molar-refractivity contribution in [3.63, 3.8) is 0 Å². The van der Waals surface area contributed by atoms with E-state index in [1.807, 2.05) is 0 Å². The molecular weight excluding hydrogens is 106 g/mol. The first-order chi connectivity index (χ1) is 3.80. The third kappa shape index (κ3) is 0.962. The molecule has 1 aliphatic heterocycles. The smallest absolute Gasteiger partial charge is 0.156 e. The minimum atomic E-state index is -0.534. The van der Waals surface area contributed by atoms with Gasteiger partial charge in [-0.25, -0.2) is 10.5 Å². The van der Waals surface area contributed by atoms with Gasteiger partial charge in [-0.1, -0.05) is 0 Å². The van der Waals surface area contributed by atoms with Crippen LogP contribution in [0.4, 0.5) is 0 Å². The van der Waals surface area contributed by atoms with Gasteiger partial charge in [-0.3, -0.25) is 0 Å². The lowest BCUT2D eigenvalue weighted by molar-refractivity contribution is -0.00519. The quantitative estimate of drug-likeness (QED) is 0.467. The maximum absolute atomic E-state index is 8.80. The Kier molecular flexibility index (Phi) is 1.45. The van der Waals surface area contributed by atoms with E-state index in [-0.39, 0.29) is 0 Å². The summed E-state index contributed by atoms with van der Waals surface area (Å²) in [6, 6.07) is 0. The summed E-state index contributed by atoms with van der Waals surface area (Å²) >= 11 is 0. The summed E-state index contributed by atoms with van der Waals surface area (Å²) in [5.41, 5.74) is 2.82. The summed E-state index contributed by atoms with van der Waals surface area (Å²) in [5, 5.41) is 14.0. The minimum absolute atomic E-state index is 0.534. The Balaban J connectivity index is 2.36. The molecule has 8 heavy (non-hydrogen) atoms. The van der Waals surface area contributed by atoms with Crippen LogP contribution in [0, 0.1) is 0 Å². The van der Waals surface area contributed by atoms with E-state index in [4.69, 9.17) is 5.11 Å². The fraction of sp³-hybridized carbons (Fsp3) is 0.750. The Labute approximate surface area is 47.8 Å². The van der Waals surface area contributed by atoms with Crippen LogP contribution in [0.1, 0.15) is 6.92 Å². The van der Waals surface area contributed by atoms with Crippen molar-refractivity contribution in [2.24, 2.45) is 5.10 Å². The second kappa shape index (κ2) is 2.11. The van der Waals surface area contributed by atoms with Crippen LogP contribution >= 0.6 is 0 Å². The molecule has 4 nitrogen and oxygen atoms in total. The molecule has 1 heterocycles. The zero-order chi connectivity index (χ0) is 5.98. The van der Waals surface area contributed by atoms with Gasteiger partial charge in [0.2, 0.25) is 0 Å². The molecule has 1 unspecified atom stereocenters. The van der Waals surface area contributed by atoms with E-state index in [9.17, 15) is 0 Å². The van der Waals surface area contributed by atoms with E-state index >= 15 is 0 Å². The number of hydrazone groups is 1. The van der Waals surface area contributed by atoms with Gasteiger partial charge in [-0.05, 0) is 6.92 Å². The molecule has 0 radical (unpaired) electrons. The molecule has 0 amide bonds. The molecule has 0 aliphatic carbocycles. The molecule has 0 aromatic carbocycles. The van der Waals surface area contributed by atoms with Crippen LogP contribution in [0.25, 0.3) is 0 Å². The van der Waals surface area contributed by atoms with Crippen LogP contribution in [0.2, 0.25) is 0 Å². The van der Waals surface area contributed by atoms with Crippen molar-refractivity contribution in [1.82, 2.24) is 10.5 Å². The van der Waals surface area contributed by atoms with Crippen molar-refractivity contribution in [3.8, 4) is 0 Å². The summed E-state index contributed by atoms with van der Waals surface area (Å²) in [6.45, 7) is 2.36. The molecular formula is C4H9N3O. The normalized spacial score (nSPS) is 22.0. The van der Waals surface area contributed by atoms with E-state index in [1.54, 1.807) is 13.1 Å². The van der Waals surface area contributed by atoms with Gasteiger partial charge in [0.05, 0.1) is 6.54 Å². The fourth-order valence-corrected chi connectivity index (χ4v) is 0.533. The fourth-order valence-electron chi connectivity index (χ4n) is 0.533. The van der Waals surface area contributed by atoms with Crippen LogP contribution in [0.5, 0.6) is 0 Å². The SMILES string of the molecule is CC(O)N1N=CCN1. The molecule has 2 N–H and O–H groups in total. The number of hydrogen-bond donors (Lipinski definition) is 2. The summed E-state index contributed by atoms with van der Waals surface area (Å²) in [7, 11) is 0. The Bertz CT molecular complexity index is 101. The van der Waals surface area contributed by atoms with Crippen molar-refractivity contribution < 1.29 is 5.11 Å². The first kappa shape index (κ1) is 5.53. The molecule has 1 atom stereocenters. The van der Waals surface area contributed by atoms with Gasteiger partial charge in [0.15, 0.2) is 6.23 Å². The lowest BCUT2D eigenvalue weighted by Crippen LogP contribution is -2.36. The Hall–Kier alpha value is -0.610. The molecule has 0 aromatic rings. The number of nitrogens with zero attached hydrogens (tertiary/aromatic N) is 2. The van der Waals surface area contributed by atoms with Gasteiger partial charge in [-0.2, -0.15) is 5.10 Å². The number of nitrogens with one attached hydrogen (secondary N) is 1. The largest absolute Gasteiger partial charge is 0.371 e. The maximum Gasteiger partial charge on any atom is 0.156 e. The molecule has 0 spiro atoms. The summed E-state index contributed by atoms with van der Waals surface area (Å²) < 4.78 is 0. The van der Waals surface area contributed by atoms with E-state index < -0.39 is 6.23 Å². The van der Waals surface area contributed by atoms with E-state index in [1.165, 1.54) is 5.12 Å². The Morgan fingerprint density at radius 1 is 2.00 bits per heavy atom. The molecule has 1 aliphatic rings. The van der Waals surface area contributed by atoms with Crippen LogP contribution in [-0.2, 0) is 0 Å². The van der Waals surface area contributed by atoms with Gasteiger partial charge < -0.3 is 5.11 Å². The maximum atomic E-state index is 8.80. The number of rotatable bonds is 1. The highest BCUT2D eigenvalue weighted by atomic mass is 16.3. The zero-order valence-electron chi connectivity index (χ0n) is 4.70. The summed E-state index contributed by atoms with van der Waals surface area (Å²) in [5.74, 6) is 0. The molecule has 0 saturated heterocycles. The van der Waals surface area contributed by atoms with Crippen molar-refractivity contribution in [2.75, 3.05) is 6.54 Å². The van der Waals surface area contributed by atoms with Crippen molar-refractivity contribution in [2.45, 2.75) is 13.2 Å². The van der Waals surface area contributed by atoms with Crippen molar-refractivity contribution in [1.29, 1.82) is 0 Å². The molecule has 0 bridgehead atoms. The Morgan fingerprint density at radius 2 is 2.75 bits per heavy atom. The summed E-state index contributed by atoms with van der Waals surface area (Å²) in [6.07, 6.45) is 1.17. The first-order valence-electron chi connectivity index (χ1n) is 2.54. The van der Waals surface area contributed by atoms with Gasteiger partial charge in [0.1, 0.15) is 0 Å². The predicted molar refractivity (Wildman–Crippen MR) is 30.0 cm³/mol. The second-order valence-corrected chi connectivity index (χ2v) is 1.64. The minimum Gasteiger partial charge on any atom is -0.371 e. The standard InChI is InChI=1S/C4H9N3O/c1-4(8)7-5-2-3-6-7/h2,4,6,8H,3H2,1H3. The van der Waals surface area contributed by atoms with Crippen molar-refractivity contribution in [3.05, 3.63) is 0 Å². The average Bonchev–Trinajstić information content (AvgIpc) is 2.12. The van der Waals surface area contributed by atoms with Crippen LogP contribution in [-0.4, -0.2) is 29.2 Å². The first-order valence-corrected chi connectivity index (χ1v) is 2.54. The van der Waals surface area contributed by atoms with Crippen LogP contribution in [0.3, 0.4) is 0 Å². The second-order valence-electron chi connectivity index (χ2n) is 1.64. The molecule has 0 fully saturated rings. The highest BCUT2D eigenvalue weighted by molar-refractivity contribution is 5.60. The van der Waals surface area contributed by atoms with E-state index in [0.29, 0.717) is 6.54 Å². The lowest BCUT2D eigenvalue weighted by atomic mass is 10.7. The highest BCUT2D eigenvalue weighted by Crippen LogP contribution is 1.92. The van der Waals surface area contributed by atoms with Crippen LogP contribution < -0.4 is 5.43 Å². The molecule has 1 rings (SSSR count). The molecule has 0 saturated carbocycles. The predicted octanol–water partition coefficient (Wildman–Crippen LogP) is -0.869. The number of aliphatic hydroxyl groups is 1. The molecule has 0 aromatic heterocycles. The van der Waals surface area contributed by atoms with E-state index in [2.05, 4.69) is 10.5 Å². The van der Waals surface area contributed by atoms with E-state index in [0.717, 1.165) is 0 Å². The molecule has 4 heteroatoms. The van der Waals surface area contributed by atoms with Gasteiger partial charge >= 0.3 is 0 Å². The summed E-state index contributed by atoms with van der Waals surface area (Å²) in [4.78, 5) is 0. The third-order valence-electron chi connectivity index (χ3n) is 0.905. The third-order valence-corrected chi connectivity index (χ3v) is 0.905. The lowest BCUT2D eigenvalue weighted by Gasteiger charge is -2.15. The van der Waals surface area contributed by atoms with Gasteiger partial charge in [0, 0.05) is 6.21 Å². The molecule has 46 valence electrons. The Morgan fingerprint density at radius 3 is 3.00 bits per heavy atom. The number of aliphatic hydroxyl groups excluding tert-OH is 1. The highest BCUT2D eigenvalue weighted by Gasteiger charge is 2.08. The van der Waals surface area contributed by atoms with Gasteiger partial charge in [-0.15, -0.1) is 0 Å². The van der Waals surface area contributed by atoms with Gasteiger partial charge in [0.25, 0.3) is 0 Å². The van der Waals surface area contributed by atoms with Crippen LogP contribution in [0.15, 0.2) is 5.10 Å². The monoisotopic (exact) mass is 115 g/mol. The number of hydrogen-bond acceptors (Lipinski definition) is 4. The average molecular weight is 115 g/mol. The number of hydrazine groups is 1. The van der Waals surface area contributed by atoms with Crippen molar-refractivity contribution >= 4 is 6.21 Å². The zero-order valence-corrected chi connectivity index (χ0v) is 4.70. The topological polar surface area (TPSA) is 47.9 Å².